The Kier molecular flexibility index (Phi) is 6.49. The van der Waals surface area contributed by atoms with Crippen molar-refractivity contribution in [2.24, 2.45) is 0 Å². The van der Waals surface area contributed by atoms with Crippen molar-refractivity contribution in [3.05, 3.63) is 78.1 Å². The number of aromatic amines is 1. The fourth-order valence-electron chi connectivity index (χ4n) is 3.47. The van der Waals surface area contributed by atoms with E-state index in [0.29, 0.717) is 34.9 Å². The standard InChI is InChI=1S/C26H26N4O3/c1-4-23(25(31)28-20-10-7-17(8-11-20)16(2)3)33-26(32)18-9-12-21-22(14-18)30-24(29-21)19-6-5-13-27-15-19/h5-16,23H,4H2,1-3H3,(H,28,31)(H,29,30). The first-order valence-corrected chi connectivity index (χ1v) is 11.0. The number of H-pyrrole nitrogens is 1. The predicted octanol–water partition coefficient (Wildman–Crippen LogP) is 5.32. The van der Waals surface area contributed by atoms with E-state index in [9.17, 15) is 9.59 Å². The fraction of sp³-hybridized carbons (Fsp3) is 0.231. The summed E-state index contributed by atoms with van der Waals surface area (Å²) >= 11 is 0. The zero-order valence-electron chi connectivity index (χ0n) is 18.8. The number of esters is 1. The van der Waals surface area contributed by atoms with Crippen LogP contribution in [0.5, 0.6) is 0 Å². The lowest BCUT2D eigenvalue weighted by atomic mass is 10.0. The summed E-state index contributed by atoms with van der Waals surface area (Å²) in [5.74, 6) is 0.154. The van der Waals surface area contributed by atoms with Crippen LogP contribution in [0, 0.1) is 0 Å². The van der Waals surface area contributed by atoms with Crippen molar-refractivity contribution >= 4 is 28.6 Å². The average Bonchev–Trinajstić information content (AvgIpc) is 3.26. The number of carbonyl (C=O) groups excluding carboxylic acids is 2. The minimum atomic E-state index is -0.898. The molecule has 4 aromatic rings. The van der Waals surface area contributed by atoms with Gasteiger partial charge in [-0.1, -0.05) is 32.9 Å². The number of anilines is 1. The minimum Gasteiger partial charge on any atom is -0.449 e. The molecule has 168 valence electrons. The molecule has 4 rings (SSSR count). The van der Waals surface area contributed by atoms with Crippen LogP contribution in [-0.4, -0.2) is 32.9 Å². The Balaban J connectivity index is 1.45. The summed E-state index contributed by atoms with van der Waals surface area (Å²) in [5.41, 5.74) is 4.47. The van der Waals surface area contributed by atoms with E-state index in [2.05, 4.69) is 34.1 Å². The van der Waals surface area contributed by atoms with E-state index >= 15 is 0 Å². The van der Waals surface area contributed by atoms with E-state index < -0.39 is 12.1 Å². The van der Waals surface area contributed by atoms with Crippen LogP contribution in [0.3, 0.4) is 0 Å². The van der Waals surface area contributed by atoms with Crippen LogP contribution in [0.25, 0.3) is 22.4 Å². The molecule has 1 unspecified atom stereocenters. The largest absolute Gasteiger partial charge is 0.449 e. The molecule has 2 aromatic carbocycles. The van der Waals surface area contributed by atoms with Crippen LogP contribution in [0.1, 0.15) is 49.0 Å². The topological polar surface area (TPSA) is 97.0 Å². The predicted molar refractivity (Wildman–Crippen MR) is 128 cm³/mol. The maximum absolute atomic E-state index is 12.8. The van der Waals surface area contributed by atoms with E-state index in [0.717, 1.165) is 11.1 Å². The average molecular weight is 443 g/mol. The number of nitrogens with one attached hydrogen (secondary N) is 2. The number of pyridine rings is 1. The molecule has 2 aromatic heterocycles. The third-order valence-corrected chi connectivity index (χ3v) is 5.41. The van der Waals surface area contributed by atoms with Crippen molar-refractivity contribution in [2.75, 3.05) is 5.32 Å². The first-order chi connectivity index (χ1) is 15.9. The van der Waals surface area contributed by atoms with Crippen LogP contribution in [0.2, 0.25) is 0 Å². The number of hydrogen-bond acceptors (Lipinski definition) is 5. The Bertz CT molecular complexity index is 1260. The third-order valence-electron chi connectivity index (χ3n) is 5.41. The molecular weight excluding hydrogens is 416 g/mol. The summed E-state index contributed by atoms with van der Waals surface area (Å²) < 4.78 is 5.53. The van der Waals surface area contributed by atoms with E-state index in [4.69, 9.17) is 4.74 Å². The number of amides is 1. The Morgan fingerprint density at radius 2 is 1.88 bits per heavy atom. The molecule has 0 aliphatic carbocycles. The van der Waals surface area contributed by atoms with E-state index in [1.54, 1.807) is 37.5 Å². The van der Waals surface area contributed by atoms with Gasteiger partial charge in [0.05, 0.1) is 16.6 Å². The molecule has 0 aliphatic rings. The molecular formula is C26H26N4O3. The highest BCUT2D eigenvalue weighted by Gasteiger charge is 2.22. The molecule has 0 fully saturated rings. The molecule has 2 N–H and O–H groups in total. The number of fused-ring (bicyclic) bond motifs is 1. The Hall–Kier alpha value is -4.00. The van der Waals surface area contributed by atoms with Crippen LogP contribution in [0.4, 0.5) is 5.69 Å². The molecule has 7 nitrogen and oxygen atoms in total. The van der Waals surface area contributed by atoms with Crippen molar-refractivity contribution < 1.29 is 14.3 Å². The summed E-state index contributed by atoms with van der Waals surface area (Å²) in [4.78, 5) is 37.3. The number of rotatable bonds is 7. The lowest BCUT2D eigenvalue weighted by Crippen LogP contribution is -2.32. The maximum atomic E-state index is 12.8. The number of imidazole rings is 1. The van der Waals surface area contributed by atoms with E-state index in [1.165, 1.54) is 5.56 Å². The lowest BCUT2D eigenvalue weighted by Gasteiger charge is -2.16. The summed E-state index contributed by atoms with van der Waals surface area (Å²) in [6.45, 7) is 6.03. The van der Waals surface area contributed by atoms with Gasteiger partial charge in [-0.2, -0.15) is 0 Å². The maximum Gasteiger partial charge on any atom is 0.338 e. The molecule has 1 amide bonds. The van der Waals surface area contributed by atoms with E-state index in [-0.39, 0.29) is 5.91 Å². The zero-order valence-corrected chi connectivity index (χ0v) is 18.8. The number of carbonyl (C=O) groups is 2. The second-order valence-electron chi connectivity index (χ2n) is 8.13. The van der Waals surface area contributed by atoms with Gasteiger partial charge in [0.2, 0.25) is 0 Å². The summed E-state index contributed by atoms with van der Waals surface area (Å²) in [6.07, 6.45) is 2.87. The molecule has 2 heterocycles. The monoisotopic (exact) mass is 442 g/mol. The van der Waals surface area contributed by atoms with Crippen molar-refractivity contribution in [2.45, 2.75) is 39.2 Å². The SMILES string of the molecule is CCC(OC(=O)c1ccc2nc(-c3cccnc3)[nH]c2c1)C(=O)Nc1ccc(C(C)C)cc1. The minimum absolute atomic E-state index is 0.344. The van der Waals surface area contributed by atoms with Gasteiger partial charge in [-0.25, -0.2) is 9.78 Å². The normalized spacial score (nSPS) is 12.0. The molecule has 0 aliphatic heterocycles. The van der Waals surface area contributed by atoms with Crippen molar-refractivity contribution in [1.29, 1.82) is 0 Å². The first-order valence-electron chi connectivity index (χ1n) is 11.0. The van der Waals surface area contributed by atoms with Crippen LogP contribution in [-0.2, 0) is 9.53 Å². The molecule has 0 saturated heterocycles. The van der Waals surface area contributed by atoms with Crippen molar-refractivity contribution in [1.82, 2.24) is 15.0 Å². The van der Waals surface area contributed by atoms with Gasteiger partial charge in [-0.3, -0.25) is 9.78 Å². The van der Waals surface area contributed by atoms with Crippen LogP contribution in [0.15, 0.2) is 67.0 Å². The number of aromatic nitrogens is 3. The zero-order chi connectivity index (χ0) is 23.4. The van der Waals surface area contributed by atoms with Crippen molar-refractivity contribution in [3.8, 4) is 11.4 Å². The van der Waals surface area contributed by atoms with Crippen LogP contribution >= 0.6 is 0 Å². The summed E-state index contributed by atoms with van der Waals surface area (Å²) in [7, 11) is 0. The van der Waals surface area contributed by atoms with Crippen molar-refractivity contribution in [3.63, 3.8) is 0 Å². The van der Waals surface area contributed by atoms with Crippen LogP contribution < -0.4 is 5.32 Å². The number of nitrogens with zero attached hydrogens (tertiary/aromatic N) is 2. The van der Waals surface area contributed by atoms with Gasteiger partial charge in [0, 0.05) is 23.6 Å². The molecule has 0 bridgehead atoms. The number of ether oxygens (including phenoxy) is 1. The quantitative estimate of drug-likeness (QED) is 0.378. The van der Waals surface area contributed by atoms with Gasteiger partial charge in [0.15, 0.2) is 6.10 Å². The molecule has 0 spiro atoms. The van der Waals surface area contributed by atoms with Gasteiger partial charge in [-0.05, 0) is 60.4 Å². The molecule has 0 saturated carbocycles. The highest BCUT2D eigenvalue weighted by Crippen LogP contribution is 2.22. The third kappa shape index (κ3) is 5.09. The highest BCUT2D eigenvalue weighted by molar-refractivity contribution is 5.99. The highest BCUT2D eigenvalue weighted by atomic mass is 16.5. The lowest BCUT2D eigenvalue weighted by molar-refractivity contribution is -0.124. The Morgan fingerprint density at radius 3 is 2.55 bits per heavy atom. The molecule has 1 atom stereocenters. The van der Waals surface area contributed by atoms with Gasteiger partial charge in [-0.15, -0.1) is 0 Å². The van der Waals surface area contributed by atoms with Gasteiger partial charge < -0.3 is 15.0 Å². The smallest absolute Gasteiger partial charge is 0.338 e. The second kappa shape index (κ2) is 9.65. The molecule has 33 heavy (non-hydrogen) atoms. The fourth-order valence-corrected chi connectivity index (χ4v) is 3.47. The second-order valence-corrected chi connectivity index (χ2v) is 8.13. The van der Waals surface area contributed by atoms with E-state index in [1.807, 2.05) is 36.4 Å². The van der Waals surface area contributed by atoms with Gasteiger partial charge in [0.1, 0.15) is 5.82 Å². The van der Waals surface area contributed by atoms with Gasteiger partial charge >= 0.3 is 5.97 Å². The Labute approximate surface area is 192 Å². The number of hydrogen-bond donors (Lipinski definition) is 2. The molecule has 7 heteroatoms. The van der Waals surface area contributed by atoms with Gasteiger partial charge in [0.25, 0.3) is 5.91 Å². The number of benzene rings is 2. The molecule has 0 radical (unpaired) electrons. The summed E-state index contributed by atoms with van der Waals surface area (Å²) in [5, 5.41) is 2.83. The summed E-state index contributed by atoms with van der Waals surface area (Å²) in [6, 6.07) is 16.5. The first kappa shape index (κ1) is 22.2. The Morgan fingerprint density at radius 1 is 1.09 bits per heavy atom.